The van der Waals surface area contributed by atoms with Gasteiger partial charge in [-0.3, -0.25) is 9.59 Å². The maximum absolute atomic E-state index is 12.8. The van der Waals surface area contributed by atoms with Gasteiger partial charge in [0, 0.05) is 19.0 Å². The van der Waals surface area contributed by atoms with E-state index in [0.29, 0.717) is 19.5 Å². The van der Waals surface area contributed by atoms with E-state index in [1.807, 2.05) is 12.1 Å². The van der Waals surface area contributed by atoms with E-state index in [1.54, 1.807) is 11.8 Å². The molecule has 0 bridgehead atoms. The van der Waals surface area contributed by atoms with Crippen molar-refractivity contribution in [3.8, 4) is 0 Å². The largest absolute Gasteiger partial charge is 0.481 e. The molecule has 4 heteroatoms. The van der Waals surface area contributed by atoms with Crippen molar-refractivity contribution in [2.45, 2.75) is 25.7 Å². The fraction of sp³-hybridized carbons (Fsp3) is 0.400. The molecule has 1 aliphatic heterocycles. The average molecular weight is 323 g/mol. The van der Waals surface area contributed by atoms with Gasteiger partial charge in [-0.2, -0.15) is 0 Å². The van der Waals surface area contributed by atoms with Crippen LogP contribution < -0.4 is 0 Å². The number of amides is 1. The summed E-state index contributed by atoms with van der Waals surface area (Å²) in [6.07, 6.45) is 1.41. The standard InChI is InChI=1S/C20H21NO3/c1-20(19(23)24)9-10-21(12-20)18(22)17-11-16(17)15-8-4-6-13-5-2-3-7-14(13)15/h2-8,16-17H,9-12H2,1H3,(H,23,24). The number of fused-ring (bicyclic) bond motifs is 1. The van der Waals surface area contributed by atoms with E-state index in [9.17, 15) is 14.7 Å². The van der Waals surface area contributed by atoms with E-state index in [2.05, 4.69) is 30.3 Å². The summed E-state index contributed by atoms with van der Waals surface area (Å²) in [4.78, 5) is 25.9. The van der Waals surface area contributed by atoms with Crippen LogP contribution in [0.25, 0.3) is 10.8 Å². The molecule has 1 saturated heterocycles. The molecule has 24 heavy (non-hydrogen) atoms. The van der Waals surface area contributed by atoms with E-state index in [-0.39, 0.29) is 17.7 Å². The molecule has 3 atom stereocenters. The lowest BCUT2D eigenvalue weighted by Crippen LogP contribution is -2.35. The van der Waals surface area contributed by atoms with Crippen LogP contribution in [0.3, 0.4) is 0 Å². The topological polar surface area (TPSA) is 57.6 Å². The summed E-state index contributed by atoms with van der Waals surface area (Å²) >= 11 is 0. The highest BCUT2D eigenvalue weighted by Crippen LogP contribution is 2.51. The zero-order valence-corrected chi connectivity index (χ0v) is 13.7. The van der Waals surface area contributed by atoms with Crippen LogP contribution in [0.5, 0.6) is 0 Å². The SMILES string of the molecule is CC1(C(=O)O)CCN(C(=O)C2CC2c2cccc3ccccc23)C1. The van der Waals surface area contributed by atoms with Crippen LogP contribution in [-0.2, 0) is 9.59 Å². The van der Waals surface area contributed by atoms with Crippen LogP contribution in [0.4, 0.5) is 0 Å². The number of carbonyl (C=O) groups excluding carboxylic acids is 1. The molecule has 2 aromatic carbocycles. The second-order valence-electron chi connectivity index (χ2n) is 7.39. The quantitative estimate of drug-likeness (QED) is 0.943. The summed E-state index contributed by atoms with van der Waals surface area (Å²) in [6, 6.07) is 14.5. The molecule has 1 saturated carbocycles. The Kier molecular flexibility index (Phi) is 3.37. The lowest BCUT2D eigenvalue weighted by Gasteiger charge is -2.20. The normalized spacial score (nSPS) is 29.0. The molecule has 4 rings (SSSR count). The van der Waals surface area contributed by atoms with Gasteiger partial charge in [0.1, 0.15) is 0 Å². The fourth-order valence-corrected chi connectivity index (χ4v) is 3.94. The zero-order valence-electron chi connectivity index (χ0n) is 13.7. The number of carboxylic acids is 1. The number of hydrogen-bond donors (Lipinski definition) is 1. The highest BCUT2D eigenvalue weighted by atomic mass is 16.4. The molecule has 1 N–H and O–H groups in total. The minimum absolute atomic E-state index is 0.00644. The van der Waals surface area contributed by atoms with Gasteiger partial charge in [0.05, 0.1) is 5.41 Å². The van der Waals surface area contributed by atoms with Crippen LogP contribution in [0.15, 0.2) is 42.5 Å². The van der Waals surface area contributed by atoms with Crippen molar-refractivity contribution in [1.29, 1.82) is 0 Å². The number of carboxylic acid groups (broad SMARTS) is 1. The Labute approximate surface area is 141 Å². The molecule has 2 aliphatic rings. The van der Waals surface area contributed by atoms with Crippen molar-refractivity contribution in [3.63, 3.8) is 0 Å². The van der Waals surface area contributed by atoms with Crippen LogP contribution in [0.2, 0.25) is 0 Å². The summed E-state index contributed by atoms with van der Waals surface area (Å²) in [6.45, 7) is 2.62. The maximum Gasteiger partial charge on any atom is 0.311 e. The first-order valence-corrected chi connectivity index (χ1v) is 8.49. The molecule has 0 spiro atoms. The second-order valence-corrected chi connectivity index (χ2v) is 7.39. The summed E-state index contributed by atoms with van der Waals surface area (Å²) in [5.74, 6) is -0.413. The van der Waals surface area contributed by atoms with Crippen molar-refractivity contribution < 1.29 is 14.7 Å². The van der Waals surface area contributed by atoms with Gasteiger partial charge < -0.3 is 10.0 Å². The molecule has 124 valence electrons. The van der Waals surface area contributed by atoms with E-state index in [1.165, 1.54) is 16.3 Å². The predicted octanol–water partition coefficient (Wildman–Crippen LogP) is 3.27. The number of aliphatic carboxylic acids is 1. The molecule has 1 amide bonds. The Morgan fingerprint density at radius 3 is 2.67 bits per heavy atom. The minimum atomic E-state index is -0.806. The maximum atomic E-state index is 12.8. The number of rotatable bonds is 3. The molecule has 0 aromatic heterocycles. The van der Waals surface area contributed by atoms with Gasteiger partial charge in [0.2, 0.25) is 5.91 Å². The summed E-state index contributed by atoms with van der Waals surface area (Å²) in [7, 11) is 0. The molecule has 0 radical (unpaired) electrons. The van der Waals surface area contributed by atoms with E-state index < -0.39 is 11.4 Å². The number of hydrogen-bond acceptors (Lipinski definition) is 2. The summed E-state index contributed by atoms with van der Waals surface area (Å²) in [5, 5.41) is 11.8. The third-order valence-electron chi connectivity index (χ3n) is 5.63. The van der Waals surface area contributed by atoms with Crippen molar-refractivity contribution in [1.82, 2.24) is 4.90 Å². The van der Waals surface area contributed by atoms with Gasteiger partial charge in [0.15, 0.2) is 0 Å². The van der Waals surface area contributed by atoms with Crippen molar-refractivity contribution >= 4 is 22.6 Å². The minimum Gasteiger partial charge on any atom is -0.481 e. The number of benzene rings is 2. The van der Waals surface area contributed by atoms with E-state index >= 15 is 0 Å². The van der Waals surface area contributed by atoms with E-state index in [0.717, 1.165) is 6.42 Å². The average Bonchev–Trinajstić information content (AvgIpc) is 3.28. The summed E-state index contributed by atoms with van der Waals surface area (Å²) < 4.78 is 0. The van der Waals surface area contributed by atoms with Gasteiger partial charge in [0.25, 0.3) is 0 Å². The van der Waals surface area contributed by atoms with Gasteiger partial charge >= 0.3 is 5.97 Å². The first-order valence-electron chi connectivity index (χ1n) is 8.49. The molecule has 2 fully saturated rings. The lowest BCUT2D eigenvalue weighted by atomic mass is 9.90. The van der Waals surface area contributed by atoms with Gasteiger partial charge in [-0.15, -0.1) is 0 Å². The zero-order chi connectivity index (χ0) is 16.9. The Balaban J connectivity index is 1.52. The molecular formula is C20H21NO3. The third-order valence-corrected chi connectivity index (χ3v) is 5.63. The first-order chi connectivity index (χ1) is 11.5. The van der Waals surface area contributed by atoms with Crippen molar-refractivity contribution in [2.24, 2.45) is 11.3 Å². The Morgan fingerprint density at radius 2 is 1.92 bits per heavy atom. The Morgan fingerprint density at radius 1 is 1.17 bits per heavy atom. The first kappa shape index (κ1) is 15.2. The van der Waals surface area contributed by atoms with Gasteiger partial charge in [-0.05, 0) is 42.0 Å². The lowest BCUT2D eigenvalue weighted by molar-refractivity contribution is -0.147. The molecule has 3 unspecified atom stereocenters. The highest BCUT2D eigenvalue weighted by Gasteiger charge is 2.50. The number of carbonyl (C=O) groups is 2. The highest BCUT2D eigenvalue weighted by molar-refractivity contribution is 5.90. The Bertz CT molecular complexity index is 825. The van der Waals surface area contributed by atoms with Crippen LogP contribution in [-0.4, -0.2) is 35.0 Å². The van der Waals surface area contributed by atoms with Gasteiger partial charge in [-0.25, -0.2) is 0 Å². The molecular weight excluding hydrogens is 302 g/mol. The number of nitrogens with zero attached hydrogens (tertiary/aromatic N) is 1. The fourth-order valence-electron chi connectivity index (χ4n) is 3.94. The van der Waals surface area contributed by atoms with Crippen LogP contribution >= 0.6 is 0 Å². The molecule has 1 heterocycles. The molecule has 2 aromatic rings. The second kappa shape index (κ2) is 5.33. The monoisotopic (exact) mass is 323 g/mol. The van der Waals surface area contributed by atoms with Gasteiger partial charge in [-0.1, -0.05) is 42.5 Å². The molecule has 1 aliphatic carbocycles. The number of likely N-dealkylation sites (tertiary alicyclic amines) is 1. The predicted molar refractivity (Wildman–Crippen MR) is 91.7 cm³/mol. The smallest absolute Gasteiger partial charge is 0.311 e. The molecule has 4 nitrogen and oxygen atoms in total. The Hall–Kier alpha value is -2.36. The third kappa shape index (κ3) is 2.37. The van der Waals surface area contributed by atoms with Crippen molar-refractivity contribution in [3.05, 3.63) is 48.0 Å². The van der Waals surface area contributed by atoms with Crippen LogP contribution in [0.1, 0.15) is 31.2 Å². The van der Waals surface area contributed by atoms with Crippen molar-refractivity contribution in [2.75, 3.05) is 13.1 Å². The summed E-state index contributed by atoms with van der Waals surface area (Å²) in [5.41, 5.74) is 0.450. The van der Waals surface area contributed by atoms with E-state index in [4.69, 9.17) is 0 Å². The van der Waals surface area contributed by atoms with Crippen LogP contribution in [0, 0.1) is 11.3 Å².